The normalized spacial score (nSPS) is 11.9. The molecule has 4 heteroatoms. The van der Waals surface area contributed by atoms with E-state index >= 15 is 0 Å². The van der Waals surface area contributed by atoms with Gasteiger partial charge in [-0.05, 0) is 24.1 Å². The van der Waals surface area contributed by atoms with E-state index in [-0.39, 0.29) is 5.56 Å². The van der Waals surface area contributed by atoms with Gasteiger partial charge in [-0.1, -0.05) is 6.92 Å². The fourth-order valence-electron chi connectivity index (χ4n) is 1.35. The third-order valence-corrected chi connectivity index (χ3v) is 2.20. The van der Waals surface area contributed by atoms with Gasteiger partial charge in [-0.25, -0.2) is 4.39 Å². The molecule has 0 bridgehead atoms. The van der Waals surface area contributed by atoms with E-state index in [1.54, 1.807) is 19.2 Å². The lowest BCUT2D eigenvalue weighted by atomic mass is 10.1. The zero-order chi connectivity index (χ0) is 12.0. The first-order valence-electron chi connectivity index (χ1n) is 5.09. The first-order valence-corrected chi connectivity index (χ1v) is 5.09. The van der Waals surface area contributed by atoms with E-state index in [4.69, 9.17) is 10.00 Å². The van der Waals surface area contributed by atoms with Gasteiger partial charge in [0.2, 0.25) is 0 Å². The minimum Gasteiger partial charge on any atom is -0.385 e. The Hall–Kier alpha value is -1.60. The van der Waals surface area contributed by atoms with Crippen molar-refractivity contribution in [2.24, 2.45) is 5.92 Å². The molecule has 3 nitrogen and oxygen atoms in total. The molecule has 16 heavy (non-hydrogen) atoms. The second-order valence-electron chi connectivity index (χ2n) is 3.75. The van der Waals surface area contributed by atoms with Crippen molar-refractivity contribution in [1.82, 2.24) is 0 Å². The van der Waals surface area contributed by atoms with Gasteiger partial charge in [-0.3, -0.25) is 0 Å². The third kappa shape index (κ3) is 3.52. The van der Waals surface area contributed by atoms with Gasteiger partial charge in [0.15, 0.2) is 0 Å². The van der Waals surface area contributed by atoms with Crippen LogP contribution in [0.5, 0.6) is 0 Å². The molecule has 0 aromatic heterocycles. The summed E-state index contributed by atoms with van der Waals surface area (Å²) >= 11 is 0. The SMILES string of the molecule is COCC(C)CNc1ccc(C#N)c(F)c1. The number of anilines is 1. The second kappa shape index (κ2) is 6.09. The number of hydrogen-bond acceptors (Lipinski definition) is 3. The van der Waals surface area contributed by atoms with Crippen molar-refractivity contribution in [3.8, 4) is 6.07 Å². The molecule has 1 aromatic carbocycles. The van der Waals surface area contributed by atoms with Crippen LogP contribution in [0.3, 0.4) is 0 Å². The highest BCUT2D eigenvalue weighted by atomic mass is 19.1. The molecule has 1 unspecified atom stereocenters. The fourth-order valence-corrected chi connectivity index (χ4v) is 1.35. The first-order chi connectivity index (χ1) is 7.67. The van der Waals surface area contributed by atoms with Gasteiger partial charge in [0, 0.05) is 19.3 Å². The van der Waals surface area contributed by atoms with Crippen LogP contribution in [0.1, 0.15) is 12.5 Å². The van der Waals surface area contributed by atoms with E-state index in [9.17, 15) is 4.39 Å². The summed E-state index contributed by atoms with van der Waals surface area (Å²) in [5.41, 5.74) is 0.745. The van der Waals surface area contributed by atoms with Crippen molar-refractivity contribution in [2.45, 2.75) is 6.92 Å². The second-order valence-corrected chi connectivity index (χ2v) is 3.75. The zero-order valence-electron chi connectivity index (χ0n) is 9.46. The number of nitrogens with one attached hydrogen (secondary N) is 1. The number of methoxy groups -OCH3 is 1. The summed E-state index contributed by atoms with van der Waals surface area (Å²) in [6.07, 6.45) is 0. The number of hydrogen-bond donors (Lipinski definition) is 1. The molecule has 0 saturated carbocycles. The van der Waals surface area contributed by atoms with Gasteiger partial charge in [0.25, 0.3) is 0 Å². The highest BCUT2D eigenvalue weighted by Crippen LogP contribution is 2.14. The van der Waals surface area contributed by atoms with E-state index in [0.29, 0.717) is 24.8 Å². The average Bonchev–Trinajstić information content (AvgIpc) is 2.27. The standard InChI is InChI=1S/C12H15FN2O/c1-9(8-16-2)7-15-11-4-3-10(6-14)12(13)5-11/h3-5,9,15H,7-8H2,1-2H3. The van der Waals surface area contributed by atoms with Crippen LogP contribution in [0.15, 0.2) is 18.2 Å². The number of rotatable bonds is 5. The van der Waals surface area contributed by atoms with Gasteiger partial charge in [-0.2, -0.15) is 5.26 Å². The smallest absolute Gasteiger partial charge is 0.143 e. The number of nitrogens with zero attached hydrogens (tertiary/aromatic N) is 1. The molecule has 0 aliphatic carbocycles. The van der Waals surface area contributed by atoms with Crippen molar-refractivity contribution in [1.29, 1.82) is 5.26 Å². The Labute approximate surface area is 94.8 Å². The maximum absolute atomic E-state index is 13.2. The molecule has 0 amide bonds. The topological polar surface area (TPSA) is 45.0 Å². The molecule has 0 saturated heterocycles. The molecular formula is C12H15FN2O. The molecule has 0 aliphatic heterocycles. The largest absolute Gasteiger partial charge is 0.385 e. The van der Waals surface area contributed by atoms with Crippen LogP contribution in [0, 0.1) is 23.1 Å². The zero-order valence-corrected chi connectivity index (χ0v) is 9.46. The molecule has 1 atom stereocenters. The van der Waals surface area contributed by atoms with Gasteiger partial charge in [0.1, 0.15) is 11.9 Å². The predicted molar refractivity (Wildman–Crippen MR) is 60.6 cm³/mol. The highest BCUT2D eigenvalue weighted by molar-refractivity contribution is 5.48. The van der Waals surface area contributed by atoms with E-state index in [2.05, 4.69) is 5.32 Å². The summed E-state index contributed by atoms with van der Waals surface area (Å²) in [7, 11) is 1.65. The molecule has 0 fully saturated rings. The van der Waals surface area contributed by atoms with Crippen molar-refractivity contribution in [3.05, 3.63) is 29.6 Å². The molecule has 0 aliphatic rings. The van der Waals surface area contributed by atoms with Crippen LogP contribution in [0.25, 0.3) is 0 Å². The minimum atomic E-state index is -0.494. The van der Waals surface area contributed by atoms with E-state index in [0.717, 1.165) is 0 Å². The summed E-state index contributed by atoms with van der Waals surface area (Å²) in [6, 6.07) is 6.28. The van der Waals surface area contributed by atoms with Crippen LogP contribution < -0.4 is 5.32 Å². The van der Waals surface area contributed by atoms with Crippen LogP contribution in [-0.4, -0.2) is 20.3 Å². The van der Waals surface area contributed by atoms with Gasteiger partial charge < -0.3 is 10.1 Å². The summed E-state index contributed by atoms with van der Waals surface area (Å²) in [6.45, 7) is 3.40. The van der Waals surface area contributed by atoms with E-state index in [1.807, 2.05) is 6.92 Å². The summed E-state index contributed by atoms with van der Waals surface area (Å²) in [5, 5.41) is 11.7. The number of ether oxygens (including phenoxy) is 1. The van der Waals surface area contributed by atoms with Crippen molar-refractivity contribution < 1.29 is 9.13 Å². The molecule has 86 valence electrons. The lowest BCUT2D eigenvalue weighted by molar-refractivity contribution is 0.164. The number of halogens is 1. The first kappa shape index (κ1) is 12.5. The fraction of sp³-hybridized carbons (Fsp3) is 0.417. The molecule has 0 heterocycles. The Balaban J connectivity index is 2.56. The Morgan fingerprint density at radius 2 is 2.31 bits per heavy atom. The third-order valence-electron chi connectivity index (χ3n) is 2.20. The monoisotopic (exact) mass is 222 g/mol. The number of nitriles is 1. The molecule has 0 spiro atoms. The Morgan fingerprint density at radius 1 is 1.56 bits per heavy atom. The molecular weight excluding hydrogens is 207 g/mol. The van der Waals surface area contributed by atoms with Crippen molar-refractivity contribution in [2.75, 3.05) is 25.6 Å². The summed E-state index contributed by atoms with van der Waals surface area (Å²) in [4.78, 5) is 0. The average molecular weight is 222 g/mol. The van der Waals surface area contributed by atoms with Crippen LogP contribution >= 0.6 is 0 Å². The summed E-state index contributed by atoms with van der Waals surface area (Å²) < 4.78 is 18.2. The van der Waals surface area contributed by atoms with Crippen LogP contribution in [0.4, 0.5) is 10.1 Å². The van der Waals surface area contributed by atoms with E-state index < -0.39 is 5.82 Å². The lowest BCUT2D eigenvalue weighted by Crippen LogP contribution is -2.15. The predicted octanol–water partition coefficient (Wildman–Crippen LogP) is 2.39. The van der Waals surface area contributed by atoms with Crippen LogP contribution in [0.2, 0.25) is 0 Å². The molecule has 1 aromatic rings. The van der Waals surface area contributed by atoms with Crippen LogP contribution in [-0.2, 0) is 4.74 Å². The van der Waals surface area contributed by atoms with Crippen molar-refractivity contribution >= 4 is 5.69 Å². The minimum absolute atomic E-state index is 0.0653. The highest BCUT2D eigenvalue weighted by Gasteiger charge is 2.04. The quantitative estimate of drug-likeness (QED) is 0.832. The Morgan fingerprint density at radius 3 is 2.88 bits per heavy atom. The lowest BCUT2D eigenvalue weighted by Gasteiger charge is -2.12. The molecule has 0 radical (unpaired) electrons. The maximum Gasteiger partial charge on any atom is 0.143 e. The van der Waals surface area contributed by atoms with E-state index in [1.165, 1.54) is 12.1 Å². The Kier molecular flexibility index (Phi) is 4.74. The molecule has 1 N–H and O–H groups in total. The Bertz CT molecular complexity index is 387. The van der Waals surface area contributed by atoms with Gasteiger partial charge in [0.05, 0.1) is 12.2 Å². The van der Waals surface area contributed by atoms with Gasteiger partial charge in [-0.15, -0.1) is 0 Å². The summed E-state index contributed by atoms with van der Waals surface area (Å²) in [5.74, 6) is -0.143. The van der Waals surface area contributed by atoms with Crippen molar-refractivity contribution in [3.63, 3.8) is 0 Å². The van der Waals surface area contributed by atoms with Gasteiger partial charge >= 0.3 is 0 Å². The number of benzene rings is 1. The maximum atomic E-state index is 13.2. The molecule has 1 rings (SSSR count).